The fourth-order valence-electron chi connectivity index (χ4n) is 4.90. The molecule has 1 unspecified atom stereocenters. The molecule has 2 aromatic heterocycles. The Morgan fingerprint density at radius 2 is 2.00 bits per heavy atom. The summed E-state index contributed by atoms with van der Waals surface area (Å²) in [5.74, 6) is 3.73. The van der Waals surface area contributed by atoms with E-state index in [4.69, 9.17) is 25.5 Å². The first-order valence-corrected chi connectivity index (χ1v) is 11.4. The average molecular weight is 477 g/mol. The van der Waals surface area contributed by atoms with Crippen LogP contribution in [0.25, 0.3) is 22.7 Å². The second kappa shape index (κ2) is 7.70. The highest BCUT2D eigenvalue weighted by Crippen LogP contribution is 2.46. The summed E-state index contributed by atoms with van der Waals surface area (Å²) in [5.41, 5.74) is 1.34. The molecule has 9 heteroatoms. The summed E-state index contributed by atoms with van der Waals surface area (Å²) in [6.45, 7) is 2.53. The van der Waals surface area contributed by atoms with Crippen molar-refractivity contribution in [3.8, 4) is 34.2 Å². The molecule has 1 atom stereocenters. The third kappa shape index (κ3) is 3.20. The van der Waals surface area contributed by atoms with Gasteiger partial charge in [-0.3, -0.25) is 4.79 Å². The number of Topliss-reactive ketones (excluding diaryl/α,β-unsaturated/α-hetero) is 1. The molecule has 0 bridgehead atoms. The lowest BCUT2D eigenvalue weighted by Crippen LogP contribution is -2.44. The number of oxazole rings is 1. The van der Waals surface area contributed by atoms with Crippen LogP contribution in [0.5, 0.6) is 11.5 Å². The smallest absolute Gasteiger partial charge is 0.191 e. The standard InChI is InChI=1S/C25H21ClN4O4/c1-14-27-13-22(33-14)18-6-4-15(10-20(18)32-2)23-28-29-24-25(8-3-9-30(23)24)12-19(31)17-7-5-16(26)11-21(17)34-25/h4-7,10-11,13H,3,8-9,12H2,1-2H3. The van der Waals surface area contributed by atoms with E-state index in [1.807, 2.05) is 22.8 Å². The quantitative estimate of drug-likeness (QED) is 0.400. The van der Waals surface area contributed by atoms with Crippen molar-refractivity contribution in [1.29, 1.82) is 0 Å². The van der Waals surface area contributed by atoms with Gasteiger partial charge in [0.1, 0.15) is 11.5 Å². The molecule has 0 N–H and O–H groups in total. The zero-order valence-electron chi connectivity index (χ0n) is 18.7. The van der Waals surface area contributed by atoms with Crippen LogP contribution in [0.2, 0.25) is 5.02 Å². The Bertz CT molecular complexity index is 1440. The van der Waals surface area contributed by atoms with Crippen LogP contribution >= 0.6 is 11.6 Å². The number of carbonyl (C=O) groups is 1. The highest BCUT2D eigenvalue weighted by Gasteiger charge is 2.48. The summed E-state index contributed by atoms with van der Waals surface area (Å²) < 4.78 is 19.8. The van der Waals surface area contributed by atoms with E-state index in [-0.39, 0.29) is 12.2 Å². The van der Waals surface area contributed by atoms with E-state index in [0.29, 0.717) is 51.8 Å². The largest absolute Gasteiger partial charge is 0.496 e. The fourth-order valence-corrected chi connectivity index (χ4v) is 5.06. The van der Waals surface area contributed by atoms with Crippen molar-refractivity contribution in [3.63, 3.8) is 0 Å². The van der Waals surface area contributed by atoms with Crippen LogP contribution in [0.15, 0.2) is 47.0 Å². The number of rotatable bonds is 3. The number of benzene rings is 2. The lowest BCUT2D eigenvalue weighted by molar-refractivity contribution is 0.0111. The van der Waals surface area contributed by atoms with Gasteiger partial charge in [-0.1, -0.05) is 17.7 Å². The van der Waals surface area contributed by atoms with Gasteiger partial charge in [-0.25, -0.2) is 4.98 Å². The normalized spacial score (nSPS) is 19.0. The van der Waals surface area contributed by atoms with Crippen molar-refractivity contribution in [3.05, 3.63) is 64.9 Å². The van der Waals surface area contributed by atoms with Crippen LogP contribution < -0.4 is 9.47 Å². The average Bonchev–Trinajstić information content (AvgIpc) is 3.45. The van der Waals surface area contributed by atoms with E-state index in [9.17, 15) is 4.79 Å². The second-order valence-electron chi connectivity index (χ2n) is 8.60. The van der Waals surface area contributed by atoms with Crippen molar-refractivity contribution in [1.82, 2.24) is 19.7 Å². The summed E-state index contributed by atoms with van der Waals surface area (Å²) in [5, 5.41) is 9.54. The zero-order chi connectivity index (χ0) is 23.4. The molecule has 2 aliphatic heterocycles. The molecule has 172 valence electrons. The third-order valence-electron chi connectivity index (χ3n) is 6.46. The molecule has 1 spiro atoms. The van der Waals surface area contributed by atoms with Gasteiger partial charge in [0, 0.05) is 24.1 Å². The molecule has 4 aromatic rings. The maximum atomic E-state index is 13.0. The van der Waals surface area contributed by atoms with Crippen molar-refractivity contribution in [2.45, 2.75) is 38.3 Å². The van der Waals surface area contributed by atoms with Gasteiger partial charge in [-0.05, 0) is 43.2 Å². The first-order valence-electron chi connectivity index (χ1n) is 11.0. The van der Waals surface area contributed by atoms with Crippen LogP contribution in [-0.4, -0.2) is 32.6 Å². The van der Waals surface area contributed by atoms with Crippen molar-refractivity contribution in [2.75, 3.05) is 7.11 Å². The Morgan fingerprint density at radius 3 is 2.79 bits per heavy atom. The number of aryl methyl sites for hydroxylation is 1. The Kier molecular flexibility index (Phi) is 4.74. The van der Waals surface area contributed by atoms with E-state index in [1.54, 1.807) is 38.4 Å². The van der Waals surface area contributed by atoms with Gasteiger partial charge < -0.3 is 18.5 Å². The predicted octanol–water partition coefficient (Wildman–Crippen LogP) is 5.23. The van der Waals surface area contributed by atoms with Gasteiger partial charge in [0.15, 0.2) is 34.7 Å². The monoisotopic (exact) mass is 476 g/mol. The fraction of sp³-hybridized carbons (Fsp3) is 0.280. The number of fused-ring (bicyclic) bond motifs is 3. The van der Waals surface area contributed by atoms with E-state index < -0.39 is 5.60 Å². The molecule has 0 saturated heterocycles. The van der Waals surface area contributed by atoms with Crippen LogP contribution in [0.4, 0.5) is 0 Å². The van der Waals surface area contributed by atoms with Crippen molar-refractivity contribution < 1.29 is 18.7 Å². The number of ketones is 1. The SMILES string of the molecule is COc1cc(-c2nnc3n2CCCC32CC(=O)c3ccc(Cl)cc3O2)ccc1-c1cnc(C)o1. The molecule has 4 heterocycles. The van der Waals surface area contributed by atoms with Gasteiger partial charge in [-0.15, -0.1) is 10.2 Å². The Labute approximate surface area is 200 Å². The minimum atomic E-state index is -0.861. The summed E-state index contributed by atoms with van der Waals surface area (Å²) >= 11 is 6.18. The van der Waals surface area contributed by atoms with Crippen LogP contribution in [0, 0.1) is 6.92 Å². The number of hydrogen-bond acceptors (Lipinski definition) is 7. The van der Waals surface area contributed by atoms with Crippen molar-refractivity contribution in [2.24, 2.45) is 0 Å². The number of methoxy groups -OCH3 is 1. The number of hydrogen-bond donors (Lipinski definition) is 0. The van der Waals surface area contributed by atoms with Crippen LogP contribution in [-0.2, 0) is 12.1 Å². The highest BCUT2D eigenvalue weighted by molar-refractivity contribution is 6.30. The first kappa shape index (κ1) is 20.9. The zero-order valence-corrected chi connectivity index (χ0v) is 19.4. The minimum Gasteiger partial charge on any atom is -0.496 e. The Balaban J connectivity index is 1.42. The van der Waals surface area contributed by atoms with Crippen LogP contribution in [0.1, 0.15) is 41.3 Å². The maximum absolute atomic E-state index is 13.0. The number of carbonyl (C=O) groups excluding carboxylic acids is 1. The maximum Gasteiger partial charge on any atom is 0.191 e. The summed E-state index contributed by atoms with van der Waals surface area (Å²) in [6, 6.07) is 10.9. The topological polar surface area (TPSA) is 92.3 Å². The van der Waals surface area contributed by atoms with Gasteiger partial charge in [0.2, 0.25) is 0 Å². The summed E-state index contributed by atoms with van der Waals surface area (Å²) in [7, 11) is 1.62. The molecule has 0 fully saturated rings. The molecule has 6 rings (SSSR count). The molecule has 2 aromatic carbocycles. The van der Waals surface area contributed by atoms with E-state index in [2.05, 4.69) is 15.2 Å². The number of aromatic nitrogens is 4. The molecular weight excluding hydrogens is 456 g/mol. The Hall–Kier alpha value is -3.65. The lowest BCUT2D eigenvalue weighted by atomic mass is 9.83. The van der Waals surface area contributed by atoms with Gasteiger partial charge in [-0.2, -0.15) is 0 Å². The third-order valence-corrected chi connectivity index (χ3v) is 6.70. The second-order valence-corrected chi connectivity index (χ2v) is 9.03. The molecule has 34 heavy (non-hydrogen) atoms. The van der Waals surface area contributed by atoms with Gasteiger partial charge in [0.05, 0.1) is 30.9 Å². The van der Waals surface area contributed by atoms with Gasteiger partial charge in [0.25, 0.3) is 0 Å². The molecule has 0 aliphatic carbocycles. The van der Waals surface area contributed by atoms with E-state index >= 15 is 0 Å². The molecule has 0 saturated carbocycles. The van der Waals surface area contributed by atoms with E-state index in [1.165, 1.54) is 0 Å². The molecule has 2 aliphatic rings. The molecular formula is C25H21ClN4O4. The number of ether oxygens (including phenoxy) is 2. The number of nitrogens with zero attached hydrogens (tertiary/aromatic N) is 4. The minimum absolute atomic E-state index is 0.0179. The molecule has 0 amide bonds. The first-order chi connectivity index (χ1) is 16.5. The molecule has 8 nitrogen and oxygen atoms in total. The van der Waals surface area contributed by atoms with E-state index in [0.717, 1.165) is 24.1 Å². The summed E-state index contributed by atoms with van der Waals surface area (Å²) in [6.07, 6.45) is 3.40. The van der Waals surface area contributed by atoms with Crippen LogP contribution in [0.3, 0.4) is 0 Å². The summed E-state index contributed by atoms with van der Waals surface area (Å²) in [4.78, 5) is 17.2. The van der Waals surface area contributed by atoms with Gasteiger partial charge >= 0.3 is 0 Å². The lowest BCUT2D eigenvalue weighted by Gasteiger charge is -2.40. The predicted molar refractivity (Wildman–Crippen MR) is 124 cm³/mol. The number of halogens is 1. The highest BCUT2D eigenvalue weighted by atomic mass is 35.5. The van der Waals surface area contributed by atoms with Crippen molar-refractivity contribution >= 4 is 17.4 Å². The molecule has 0 radical (unpaired) electrons. The Morgan fingerprint density at radius 1 is 1.15 bits per heavy atom.